The van der Waals surface area contributed by atoms with Crippen molar-refractivity contribution in [2.75, 3.05) is 11.9 Å². The largest absolute Gasteiger partial charge is 0.451 e. The van der Waals surface area contributed by atoms with Crippen molar-refractivity contribution in [1.29, 1.82) is 0 Å². The van der Waals surface area contributed by atoms with Crippen molar-refractivity contribution >= 4 is 34.6 Å². The van der Waals surface area contributed by atoms with Gasteiger partial charge >= 0.3 is 5.97 Å². The molecule has 2 aromatic rings. The first-order valence-corrected chi connectivity index (χ1v) is 9.17. The van der Waals surface area contributed by atoms with Crippen LogP contribution in [0.25, 0.3) is 0 Å². The number of aryl methyl sites for hydroxylation is 1. The van der Waals surface area contributed by atoms with Crippen LogP contribution in [-0.4, -0.2) is 23.4 Å². The minimum Gasteiger partial charge on any atom is -0.451 e. The number of nitro groups is 1. The van der Waals surface area contributed by atoms with Crippen molar-refractivity contribution in [2.24, 2.45) is 5.92 Å². The Balaban J connectivity index is 1.59. The quantitative estimate of drug-likeness (QED) is 0.475. The van der Waals surface area contributed by atoms with Crippen molar-refractivity contribution in [2.45, 2.75) is 26.2 Å². The normalized spacial score (nSPS) is 15.7. The molecule has 1 atom stereocenters. The van der Waals surface area contributed by atoms with Crippen LogP contribution in [0.2, 0.25) is 0 Å². The molecule has 142 valence electrons. The predicted octanol–water partition coefficient (Wildman–Crippen LogP) is 3.72. The van der Waals surface area contributed by atoms with Crippen molar-refractivity contribution in [3.05, 3.63) is 55.5 Å². The van der Waals surface area contributed by atoms with Crippen LogP contribution in [0, 0.1) is 21.8 Å². The van der Waals surface area contributed by atoms with Crippen LogP contribution in [0.4, 0.5) is 15.8 Å². The van der Waals surface area contributed by atoms with Gasteiger partial charge in [0, 0.05) is 17.0 Å². The number of nitro benzene ring substituents is 1. The van der Waals surface area contributed by atoms with E-state index in [1.165, 1.54) is 16.2 Å². The fourth-order valence-electron chi connectivity index (χ4n) is 2.92. The van der Waals surface area contributed by atoms with E-state index in [4.69, 9.17) is 4.74 Å². The number of rotatable bonds is 5. The van der Waals surface area contributed by atoms with Crippen LogP contribution in [0.3, 0.4) is 0 Å². The molecule has 7 nitrogen and oxygen atoms in total. The van der Waals surface area contributed by atoms with Gasteiger partial charge in [-0.3, -0.25) is 14.9 Å². The maximum Gasteiger partial charge on any atom is 0.348 e. The second-order valence-corrected chi connectivity index (χ2v) is 7.59. The number of nitrogens with one attached hydrogen (secondary N) is 1. The highest BCUT2D eigenvalue weighted by atomic mass is 32.1. The highest BCUT2D eigenvalue weighted by molar-refractivity contribution is 7.14. The number of non-ortho nitro benzene ring substituents is 1. The molecular formula is C18H17FN2O5S. The Morgan fingerprint density at radius 2 is 2.19 bits per heavy atom. The number of thiophene rings is 1. The number of halogens is 1. The highest BCUT2D eigenvalue weighted by Gasteiger charge is 2.22. The van der Waals surface area contributed by atoms with Crippen LogP contribution in [0.5, 0.6) is 0 Å². The van der Waals surface area contributed by atoms with Crippen LogP contribution < -0.4 is 5.32 Å². The first kappa shape index (κ1) is 19.0. The molecule has 0 spiro atoms. The standard InChI is InChI=1S/C18H17FN2O5S/c1-10-2-5-15-11(6-10)7-16(27-15)18(23)26-9-17(22)20-14-8-12(21(24)25)3-4-13(14)19/h3-4,7-8,10H,2,5-6,9H2,1H3,(H,20,22)/t10-/m1/s1. The summed E-state index contributed by atoms with van der Waals surface area (Å²) in [5.41, 5.74) is 0.446. The zero-order chi connectivity index (χ0) is 19.6. The third-order valence-electron chi connectivity index (χ3n) is 4.30. The molecular weight excluding hydrogens is 375 g/mol. The summed E-state index contributed by atoms with van der Waals surface area (Å²) in [6.45, 7) is 1.55. The second kappa shape index (κ2) is 7.83. The molecule has 0 unspecified atom stereocenters. The maximum absolute atomic E-state index is 13.7. The van der Waals surface area contributed by atoms with Crippen LogP contribution in [0.15, 0.2) is 24.3 Å². The lowest BCUT2D eigenvalue weighted by Crippen LogP contribution is -2.21. The van der Waals surface area contributed by atoms with Crippen molar-refractivity contribution in [3.63, 3.8) is 0 Å². The minimum atomic E-state index is -0.819. The van der Waals surface area contributed by atoms with E-state index in [0.717, 1.165) is 43.0 Å². The fourth-order valence-corrected chi connectivity index (χ4v) is 4.02. The van der Waals surface area contributed by atoms with E-state index in [2.05, 4.69) is 12.2 Å². The SMILES string of the molecule is C[C@@H]1CCc2sc(C(=O)OCC(=O)Nc3cc([N+](=O)[O-])ccc3F)cc2C1. The molecule has 1 aromatic carbocycles. The van der Waals surface area contributed by atoms with Crippen molar-refractivity contribution in [3.8, 4) is 0 Å². The minimum absolute atomic E-state index is 0.342. The molecule has 1 heterocycles. The third kappa shape index (κ3) is 4.48. The Morgan fingerprint density at radius 1 is 1.41 bits per heavy atom. The van der Waals surface area contributed by atoms with Gasteiger partial charge in [-0.1, -0.05) is 6.92 Å². The van der Waals surface area contributed by atoms with E-state index < -0.39 is 29.2 Å². The van der Waals surface area contributed by atoms with Gasteiger partial charge < -0.3 is 10.1 Å². The summed E-state index contributed by atoms with van der Waals surface area (Å²) in [4.78, 5) is 35.7. The number of fused-ring (bicyclic) bond motifs is 1. The number of ether oxygens (including phenoxy) is 1. The van der Waals surface area contributed by atoms with Crippen LogP contribution in [-0.2, 0) is 22.4 Å². The smallest absolute Gasteiger partial charge is 0.348 e. The Hall–Kier alpha value is -2.81. The molecule has 3 rings (SSSR count). The van der Waals surface area contributed by atoms with Gasteiger partial charge in [0.25, 0.3) is 11.6 Å². The zero-order valence-corrected chi connectivity index (χ0v) is 15.3. The molecule has 0 saturated carbocycles. The number of hydrogen-bond acceptors (Lipinski definition) is 6. The van der Waals surface area contributed by atoms with Gasteiger partial charge in [-0.2, -0.15) is 0 Å². The first-order valence-electron chi connectivity index (χ1n) is 8.36. The summed E-state index contributed by atoms with van der Waals surface area (Å²) in [7, 11) is 0. The second-order valence-electron chi connectivity index (χ2n) is 6.45. The number of carbonyl (C=O) groups excluding carboxylic acids is 2. The van der Waals surface area contributed by atoms with Gasteiger partial charge in [-0.05, 0) is 42.9 Å². The number of amides is 1. The van der Waals surface area contributed by atoms with Gasteiger partial charge in [-0.15, -0.1) is 11.3 Å². The van der Waals surface area contributed by atoms with Gasteiger partial charge in [0.1, 0.15) is 10.7 Å². The van der Waals surface area contributed by atoms with E-state index in [0.29, 0.717) is 10.8 Å². The van der Waals surface area contributed by atoms with E-state index >= 15 is 0 Å². The van der Waals surface area contributed by atoms with E-state index in [1.807, 2.05) is 0 Å². The van der Waals surface area contributed by atoms with Crippen molar-refractivity contribution in [1.82, 2.24) is 0 Å². The molecule has 0 saturated heterocycles. The number of carbonyl (C=O) groups is 2. The predicted molar refractivity (Wildman–Crippen MR) is 97.5 cm³/mol. The fraction of sp³-hybridized carbons (Fsp3) is 0.333. The van der Waals surface area contributed by atoms with Gasteiger partial charge in [0.05, 0.1) is 10.6 Å². The Morgan fingerprint density at radius 3 is 2.93 bits per heavy atom. The van der Waals surface area contributed by atoms with E-state index in [9.17, 15) is 24.1 Å². The molecule has 0 aliphatic heterocycles. The average molecular weight is 392 g/mol. The monoisotopic (exact) mass is 392 g/mol. The summed E-state index contributed by atoms with van der Waals surface area (Å²) in [5.74, 6) is -1.64. The van der Waals surface area contributed by atoms with Crippen LogP contribution in [0.1, 0.15) is 33.5 Å². The molecule has 1 aliphatic rings. The summed E-state index contributed by atoms with van der Waals surface area (Å²) in [6, 6.07) is 4.58. The summed E-state index contributed by atoms with van der Waals surface area (Å²) in [5, 5.41) is 12.9. The lowest BCUT2D eigenvalue weighted by Gasteiger charge is -2.16. The average Bonchev–Trinajstić information content (AvgIpc) is 3.04. The summed E-state index contributed by atoms with van der Waals surface area (Å²) < 4.78 is 18.7. The molecule has 27 heavy (non-hydrogen) atoms. The summed E-state index contributed by atoms with van der Waals surface area (Å²) >= 11 is 1.37. The molecule has 0 fully saturated rings. The van der Waals surface area contributed by atoms with Gasteiger partial charge in [0.2, 0.25) is 0 Å². The molecule has 9 heteroatoms. The highest BCUT2D eigenvalue weighted by Crippen LogP contribution is 2.32. The van der Waals surface area contributed by atoms with Crippen LogP contribution >= 0.6 is 11.3 Å². The number of anilines is 1. The van der Waals surface area contributed by atoms with E-state index in [1.54, 1.807) is 6.07 Å². The molecule has 0 bridgehead atoms. The third-order valence-corrected chi connectivity index (χ3v) is 5.52. The molecule has 1 amide bonds. The number of nitrogens with zero attached hydrogens (tertiary/aromatic N) is 1. The lowest BCUT2D eigenvalue weighted by molar-refractivity contribution is -0.384. The number of hydrogen-bond donors (Lipinski definition) is 1. The molecule has 0 radical (unpaired) electrons. The molecule has 1 aromatic heterocycles. The Labute approximate surface area is 158 Å². The Bertz CT molecular complexity index is 911. The number of esters is 1. The van der Waals surface area contributed by atoms with Gasteiger partial charge in [-0.25, -0.2) is 9.18 Å². The lowest BCUT2D eigenvalue weighted by atomic mass is 9.90. The maximum atomic E-state index is 13.7. The molecule has 1 aliphatic carbocycles. The topological polar surface area (TPSA) is 98.5 Å². The first-order chi connectivity index (χ1) is 12.8. The van der Waals surface area contributed by atoms with E-state index in [-0.39, 0.29) is 11.4 Å². The molecule has 1 N–H and O–H groups in total. The number of benzene rings is 1. The van der Waals surface area contributed by atoms with Crippen molar-refractivity contribution < 1.29 is 23.6 Å². The summed E-state index contributed by atoms with van der Waals surface area (Å²) in [6.07, 6.45) is 2.94. The zero-order valence-electron chi connectivity index (χ0n) is 14.5. The van der Waals surface area contributed by atoms with Gasteiger partial charge in [0.15, 0.2) is 6.61 Å². The Kier molecular flexibility index (Phi) is 5.50.